The van der Waals surface area contributed by atoms with Crippen LogP contribution in [0.2, 0.25) is 33.2 Å². The molecular formula is C28H48Si2. The Morgan fingerprint density at radius 2 is 0.633 bits per heavy atom. The minimum absolute atomic E-state index is 0.731. The summed E-state index contributed by atoms with van der Waals surface area (Å²) < 4.78 is 0. The van der Waals surface area contributed by atoms with Crippen molar-refractivity contribution in [2.75, 3.05) is 0 Å². The zero-order valence-corrected chi connectivity index (χ0v) is 23.9. The Kier molecular flexibility index (Phi) is 7.89. The van der Waals surface area contributed by atoms with E-state index < -0.39 is 16.1 Å². The molecule has 0 N–H and O–H groups in total. The van der Waals surface area contributed by atoms with Crippen molar-refractivity contribution in [1.29, 1.82) is 0 Å². The van der Waals surface area contributed by atoms with Gasteiger partial charge in [-0.15, -0.1) is 0 Å². The van der Waals surface area contributed by atoms with E-state index in [-0.39, 0.29) is 0 Å². The first-order chi connectivity index (χ1) is 13.9. The van der Waals surface area contributed by atoms with Crippen LogP contribution in [-0.4, -0.2) is 16.1 Å². The molecule has 0 amide bonds. The van der Waals surface area contributed by atoms with Crippen LogP contribution in [0.4, 0.5) is 0 Å². The van der Waals surface area contributed by atoms with E-state index in [2.05, 4.69) is 119 Å². The van der Waals surface area contributed by atoms with Crippen LogP contribution in [0.1, 0.15) is 83.1 Å². The summed E-state index contributed by atoms with van der Waals surface area (Å²) in [4.78, 5) is 0. The van der Waals surface area contributed by atoms with Gasteiger partial charge in [0.2, 0.25) is 0 Å². The van der Waals surface area contributed by atoms with Gasteiger partial charge in [0.05, 0.1) is 16.1 Å². The zero-order valence-electron chi connectivity index (χ0n) is 21.9. The molecule has 0 atom stereocenters. The Bertz CT molecular complexity index is 729. The quantitative estimate of drug-likeness (QED) is 0.360. The van der Waals surface area contributed by atoms with Crippen LogP contribution in [0.15, 0.2) is 36.4 Å². The van der Waals surface area contributed by atoms with Crippen molar-refractivity contribution >= 4 is 37.3 Å². The number of fused-ring (bicyclic) bond motifs is 1. The van der Waals surface area contributed by atoms with Gasteiger partial charge in [0.25, 0.3) is 0 Å². The van der Waals surface area contributed by atoms with Gasteiger partial charge >= 0.3 is 0 Å². The molecule has 2 heteroatoms. The highest BCUT2D eigenvalue weighted by Crippen LogP contribution is 2.44. The van der Waals surface area contributed by atoms with Gasteiger partial charge in [-0.2, -0.15) is 0 Å². The third-order valence-electron chi connectivity index (χ3n) is 8.59. The van der Waals surface area contributed by atoms with E-state index in [1.54, 1.807) is 21.1 Å². The fourth-order valence-electron chi connectivity index (χ4n) is 7.92. The largest absolute Gasteiger partial charge is 0.0950 e. The third-order valence-corrected chi connectivity index (χ3v) is 22.8. The fraction of sp³-hybridized carbons (Fsp3) is 0.643. The molecule has 0 aliphatic carbocycles. The standard InChI is InChI=1S/C28H48Si2/c1-19(2)29(20(3)4,21(5)6)27-17-18-28(26-16-14-13-15-25(26)27)30(22(7)8,23(9)10)24(11)12/h13-24H,1-12H3. The highest BCUT2D eigenvalue weighted by molar-refractivity contribution is 6.98. The number of hydrogen-bond donors (Lipinski definition) is 0. The first-order valence-corrected chi connectivity index (χ1v) is 16.9. The number of rotatable bonds is 8. The summed E-state index contributed by atoms with van der Waals surface area (Å²) in [5, 5.41) is 6.55. The summed E-state index contributed by atoms with van der Waals surface area (Å²) >= 11 is 0. The van der Waals surface area contributed by atoms with Crippen LogP contribution in [0, 0.1) is 0 Å². The molecule has 0 unspecified atom stereocenters. The van der Waals surface area contributed by atoms with Crippen molar-refractivity contribution in [2.24, 2.45) is 0 Å². The molecule has 0 radical (unpaired) electrons. The predicted octanol–water partition coefficient (Wildman–Crippen LogP) is 8.61. The lowest BCUT2D eigenvalue weighted by molar-refractivity contribution is 0.834. The van der Waals surface area contributed by atoms with Gasteiger partial charge in [0, 0.05) is 0 Å². The molecule has 0 spiro atoms. The van der Waals surface area contributed by atoms with Crippen LogP contribution >= 0.6 is 0 Å². The van der Waals surface area contributed by atoms with Gasteiger partial charge in [0.15, 0.2) is 0 Å². The Morgan fingerprint density at radius 3 is 0.833 bits per heavy atom. The molecule has 0 nitrogen and oxygen atoms in total. The van der Waals surface area contributed by atoms with Gasteiger partial charge in [-0.1, -0.05) is 130 Å². The molecule has 0 fully saturated rings. The molecule has 0 aromatic heterocycles. The molecule has 2 aromatic rings. The van der Waals surface area contributed by atoms with Gasteiger partial charge in [-0.05, 0) is 44.0 Å². The zero-order chi connectivity index (χ0) is 23.0. The van der Waals surface area contributed by atoms with Crippen molar-refractivity contribution in [3.63, 3.8) is 0 Å². The molecule has 0 saturated heterocycles. The van der Waals surface area contributed by atoms with E-state index in [4.69, 9.17) is 0 Å². The first-order valence-electron chi connectivity index (χ1n) is 12.4. The first kappa shape index (κ1) is 25.4. The number of hydrogen-bond acceptors (Lipinski definition) is 0. The summed E-state index contributed by atoms with van der Waals surface area (Å²) in [6.07, 6.45) is 0. The van der Waals surface area contributed by atoms with Crippen molar-refractivity contribution in [3.8, 4) is 0 Å². The second kappa shape index (κ2) is 9.32. The lowest BCUT2D eigenvalue weighted by Gasteiger charge is -2.47. The second-order valence-corrected chi connectivity index (χ2v) is 23.2. The highest BCUT2D eigenvalue weighted by Gasteiger charge is 2.48. The predicted molar refractivity (Wildman–Crippen MR) is 145 cm³/mol. The van der Waals surface area contributed by atoms with Crippen LogP contribution in [0.3, 0.4) is 0 Å². The smallest absolute Gasteiger partial charge is 0.0648 e. The molecule has 0 heterocycles. The second-order valence-electron chi connectivity index (χ2n) is 11.5. The fourth-order valence-corrected chi connectivity index (χ4v) is 21.8. The Balaban J connectivity index is 3.02. The van der Waals surface area contributed by atoms with Crippen LogP contribution in [0.25, 0.3) is 10.8 Å². The van der Waals surface area contributed by atoms with Gasteiger partial charge in [0.1, 0.15) is 0 Å². The maximum absolute atomic E-state index is 2.61. The SMILES string of the molecule is CC(C)[Si](c1ccc([Si](C(C)C)(C(C)C)C(C)C)c2ccccc12)(C(C)C)C(C)C. The average Bonchev–Trinajstić information content (AvgIpc) is 2.62. The Labute approximate surface area is 189 Å². The van der Waals surface area contributed by atoms with E-state index in [0.29, 0.717) is 0 Å². The summed E-state index contributed by atoms with van der Waals surface area (Å²) in [5.74, 6) is 0. The minimum Gasteiger partial charge on any atom is -0.0648 e. The molecule has 0 saturated carbocycles. The maximum atomic E-state index is 2.61. The topological polar surface area (TPSA) is 0 Å². The number of benzene rings is 2. The van der Waals surface area contributed by atoms with Crippen LogP contribution < -0.4 is 10.4 Å². The van der Waals surface area contributed by atoms with E-state index in [0.717, 1.165) is 33.2 Å². The summed E-state index contributed by atoms with van der Waals surface area (Å²) in [5.41, 5.74) is 4.38. The van der Waals surface area contributed by atoms with Crippen molar-refractivity contribution in [1.82, 2.24) is 0 Å². The molecule has 0 aliphatic rings. The van der Waals surface area contributed by atoms with E-state index >= 15 is 0 Å². The van der Waals surface area contributed by atoms with Crippen LogP contribution in [-0.2, 0) is 0 Å². The molecule has 168 valence electrons. The molecule has 0 bridgehead atoms. The van der Waals surface area contributed by atoms with Crippen molar-refractivity contribution in [2.45, 2.75) is 116 Å². The van der Waals surface area contributed by atoms with E-state index in [9.17, 15) is 0 Å². The minimum atomic E-state index is -1.72. The van der Waals surface area contributed by atoms with Gasteiger partial charge < -0.3 is 0 Å². The third kappa shape index (κ3) is 3.66. The molecule has 2 aromatic carbocycles. The van der Waals surface area contributed by atoms with Gasteiger partial charge in [-0.25, -0.2) is 0 Å². The monoisotopic (exact) mass is 440 g/mol. The van der Waals surface area contributed by atoms with Gasteiger partial charge in [-0.3, -0.25) is 0 Å². The maximum Gasteiger partial charge on any atom is 0.0950 e. The summed E-state index contributed by atoms with van der Waals surface area (Å²) in [6, 6.07) is 14.7. The van der Waals surface area contributed by atoms with E-state index in [1.807, 2.05) is 0 Å². The normalized spacial score (nSPS) is 13.8. The lowest BCUT2D eigenvalue weighted by Crippen LogP contribution is -2.58. The van der Waals surface area contributed by atoms with Crippen molar-refractivity contribution < 1.29 is 0 Å². The Hall–Kier alpha value is -0.866. The van der Waals surface area contributed by atoms with E-state index in [1.165, 1.54) is 0 Å². The summed E-state index contributed by atoms with van der Waals surface area (Å²) in [7, 11) is -3.43. The van der Waals surface area contributed by atoms with Crippen molar-refractivity contribution in [3.05, 3.63) is 36.4 Å². The summed E-state index contributed by atoms with van der Waals surface area (Å²) in [6.45, 7) is 29.9. The lowest BCUT2D eigenvalue weighted by atomic mass is 10.1. The Morgan fingerprint density at radius 1 is 0.400 bits per heavy atom. The molecular weight excluding hydrogens is 392 g/mol. The van der Waals surface area contributed by atoms with Crippen LogP contribution in [0.5, 0.6) is 0 Å². The highest BCUT2D eigenvalue weighted by atomic mass is 28.3. The molecule has 0 aliphatic heterocycles. The molecule has 30 heavy (non-hydrogen) atoms. The average molecular weight is 441 g/mol. The molecule has 2 rings (SSSR count).